The number of aromatic nitrogens is 4. The van der Waals surface area contributed by atoms with Crippen molar-refractivity contribution in [2.75, 3.05) is 25.0 Å². The number of hydrogen-bond donors (Lipinski definition) is 3. The van der Waals surface area contributed by atoms with Crippen LogP contribution in [-0.4, -0.2) is 56.4 Å². The number of likely N-dealkylation sites (tertiary alicyclic amines) is 1. The van der Waals surface area contributed by atoms with Crippen molar-refractivity contribution < 1.29 is 22.8 Å². The quantitative estimate of drug-likeness (QED) is 0.404. The third-order valence-corrected chi connectivity index (χ3v) is 6.08. The predicted octanol–water partition coefficient (Wildman–Crippen LogP) is 3.38. The van der Waals surface area contributed by atoms with Crippen LogP contribution in [0.5, 0.6) is 0 Å². The molecule has 1 atom stereocenters. The van der Waals surface area contributed by atoms with Crippen LogP contribution in [0.4, 0.5) is 18.9 Å². The van der Waals surface area contributed by atoms with Crippen molar-refractivity contribution >= 4 is 17.4 Å². The number of H-pyrrole nitrogens is 1. The number of carbonyl (C=O) groups excluding carboxylic acids is 2. The number of nitrogens with zero attached hydrogens (tertiary/aromatic N) is 4. The molecule has 4 heterocycles. The lowest BCUT2D eigenvalue weighted by atomic mass is 9.93. The van der Waals surface area contributed by atoms with Gasteiger partial charge in [0.25, 0.3) is 5.91 Å². The maximum atomic E-state index is 13.2. The number of halogens is 3. The molecule has 1 unspecified atom stereocenters. The summed E-state index contributed by atoms with van der Waals surface area (Å²) in [5.41, 5.74) is 6.26. The molecule has 9 nitrogen and oxygen atoms in total. The van der Waals surface area contributed by atoms with Crippen molar-refractivity contribution in [3.8, 4) is 0 Å². The molecule has 3 aromatic rings. The molecule has 0 saturated carbocycles. The number of ketones is 1. The van der Waals surface area contributed by atoms with E-state index in [0.29, 0.717) is 12.1 Å². The molecule has 0 bridgehead atoms. The second kappa shape index (κ2) is 11.0. The molecule has 4 N–H and O–H groups in total. The van der Waals surface area contributed by atoms with Crippen LogP contribution in [0.1, 0.15) is 62.8 Å². The van der Waals surface area contributed by atoms with E-state index in [-0.39, 0.29) is 23.5 Å². The van der Waals surface area contributed by atoms with E-state index in [4.69, 9.17) is 5.73 Å². The van der Waals surface area contributed by atoms with Gasteiger partial charge in [0.1, 0.15) is 11.4 Å². The number of pyridine rings is 2. The summed E-state index contributed by atoms with van der Waals surface area (Å²) in [6.45, 7) is 2.53. The van der Waals surface area contributed by atoms with Gasteiger partial charge in [-0.05, 0) is 49.2 Å². The lowest BCUT2D eigenvalue weighted by Gasteiger charge is -2.26. The first-order chi connectivity index (χ1) is 17.3. The monoisotopic (exact) mass is 501 g/mol. The average Bonchev–Trinajstić information content (AvgIpc) is 3.33. The molecule has 3 aromatic heterocycles. The second-order valence-electron chi connectivity index (χ2n) is 8.66. The van der Waals surface area contributed by atoms with Gasteiger partial charge >= 0.3 is 6.18 Å². The highest BCUT2D eigenvalue weighted by molar-refractivity contribution is 6.10. The minimum atomic E-state index is -4.60. The van der Waals surface area contributed by atoms with Crippen LogP contribution in [-0.2, 0) is 12.7 Å². The first-order valence-corrected chi connectivity index (χ1v) is 11.5. The lowest BCUT2D eigenvalue weighted by Crippen LogP contribution is -2.29. The van der Waals surface area contributed by atoms with Crippen molar-refractivity contribution in [1.82, 2.24) is 25.1 Å². The molecule has 0 radical (unpaired) electrons. The molecule has 0 spiro atoms. The smallest absolute Gasteiger partial charge is 0.329 e. The van der Waals surface area contributed by atoms with Crippen LogP contribution in [0.15, 0.2) is 43.0 Å². The number of hydrogen-bond acceptors (Lipinski definition) is 7. The van der Waals surface area contributed by atoms with Crippen molar-refractivity contribution in [2.24, 2.45) is 5.73 Å². The second-order valence-corrected chi connectivity index (χ2v) is 8.66. The zero-order valence-corrected chi connectivity index (χ0v) is 19.4. The number of aromatic amines is 1. The third-order valence-electron chi connectivity index (χ3n) is 6.08. The summed E-state index contributed by atoms with van der Waals surface area (Å²) in [5, 5.41) is 9.07. The zero-order valence-electron chi connectivity index (χ0n) is 19.4. The number of carbonyl (C=O) groups is 2. The van der Waals surface area contributed by atoms with Gasteiger partial charge in [0, 0.05) is 31.7 Å². The molecule has 1 aliphatic heterocycles. The largest absolute Gasteiger partial charge is 0.433 e. The summed E-state index contributed by atoms with van der Waals surface area (Å²) < 4.78 is 38.5. The summed E-state index contributed by atoms with van der Waals surface area (Å²) in [4.78, 5) is 36.0. The number of piperidine rings is 1. The highest BCUT2D eigenvalue weighted by atomic mass is 19.4. The van der Waals surface area contributed by atoms with Crippen LogP contribution in [0.25, 0.3) is 0 Å². The van der Waals surface area contributed by atoms with Crippen molar-refractivity contribution in [1.29, 1.82) is 0 Å². The van der Waals surface area contributed by atoms with Crippen LogP contribution in [0, 0.1) is 0 Å². The SMILES string of the molecule is NCC(C(=O)c1[nH]ncc1NC(=O)c1cncc(CN2CCCCC2)c1)c1ccc(C(F)(F)F)nc1. The van der Waals surface area contributed by atoms with Crippen molar-refractivity contribution in [3.05, 3.63) is 71.1 Å². The lowest BCUT2D eigenvalue weighted by molar-refractivity contribution is -0.141. The van der Waals surface area contributed by atoms with Crippen LogP contribution < -0.4 is 11.1 Å². The van der Waals surface area contributed by atoms with Gasteiger partial charge in [-0.3, -0.25) is 29.6 Å². The summed E-state index contributed by atoms with van der Waals surface area (Å²) >= 11 is 0. The molecule has 36 heavy (non-hydrogen) atoms. The highest BCUT2D eigenvalue weighted by Crippen LogP contribution is 2.29. The first kappa shape index (κ1) is 25.5. The van der Waals surface area contributed by atoms with E-state index in [1.165, 1.54) is 24.9 Å². The maximum absolute atomic E-state index is 13.2. The Kier molecular flexibility index (Phi) is 7.75. The molecule has 1 fully saturated rings. The van der Waals surface area contributed by atoms with Crippen LogP contribution in [0.2, 0.25) is 0 Å². The molecule has 0 aromatic carbocycles. The van der Waals surface area contributed by atoms with E-state index in [1.54, 1.807) is 12.3 Å². The first-order valence-electron chi connectivity index (χ1n) is 11.5. The molecule has 0 aliphatic carbocycles. The fraction of sp³-hybridized carbons (Fsp3) is 0.375. The molecule has 1 aliphatic rings. The van der Waals surface area contributed by atoms with Crippen LogP contribution in [0.3, 0.4) is 0 Å². The predicted molar refractivity (Wildman–Crippen MR) is 125 cm³/mol. The fourth-order valence-corrected chi connectivity index (χ4v) is 4.19. The fourth-order valence-electron chi connectivity index (χ4n) is 4.19. The van der Waals surface area contributed by atoms with Crippen molar-refractivity contribution in [3.63, 3.8) is 0 Å². The van der Waals surface area contributed by atoms with E-state index in [1.807, 2.05) is 0 Å². The number of amides is 1. The number of nitrogens with two attached hydrogens (primary N) is 1. The number of Topliss-reactive ketones (excluding diaryl/α,β-unsaturated/α-hetero) is 1. The molecule has 12 heteroatoms. The Balaban J connectivity index is 1.47. The molecule has 190 valence electrons. The number of alkyl halides is 3. The van der Waals surface area contributed by atoms with Gasteiger partial charge in [-0.2, -0.15) is 18.3 Å². The molecule has 4 rings (SSSR count). The van der Waals surface area contributed by atoms with E-state index >= 15 is 0 Å². The van der Waals surface area contributed by atoms with Gasteiger partial charge in [0.05, 0.1) is 23.4 Å². The molecular formula is C24H26F3N7O2. The molecular weight excluding hydrogens is 475 g/mol. The minimum absolute atomic E-state index is 0.0175. The van der Waals surface area contributed by atoms with Gasteiger partial charge < -0.3 is 11.1 Å². The minimum Gasteiger partial charge on any atom is -0.329 e. The summed E-state index contributed by atoms with van der Waals surface area (Å²) in [5.74, 6) is -1.99. The Bertz CT molecular complexity index is 1200. The van der Waals surface area contributed by atoms with E-state index < -0.39 is 29.5 Å². The van der Waals surface area contributed by atoms with Crippen LogP contribution >= 0.6 is 0 Å². The van der Waals surface area contributed by atoms with Gasteiger partial charge in [0.15, 0.2) is 5.78 Å². The summed E-state index contributed by atoms with van der Waals surface area (Å²) in [6, 6.07) is 3.72. The number of rotatable bonds is 8. The Labute approximate surface area is 205 Å². The summed E-state index contributed by atoms with van der Waals surface area (Å²) in [7, 11) is 0. The number of nitrogens with one attached hydrogen (secondary N) is 2. The zero-order chi connectivity index (χ0) is 25.7. The molecule has 1 amide bonds. The molecule has 1 saturated heterocycles. The normalized spacial score (nSPS) is 15.4. The van der Waals surface area contributed by atoms with Gasteiger partial charge in [-0.15, -0.1) is 0 Å². The van der Waals surface area contributed by atoms with Crippen molar-refractivity contribution in [2.45, 2.75) is 37.9 Å². The van der Waals surface area contributed by atoms with Gasteiger partial charge in [0.2, 0.25) is 0 Å². The average molecular weight is 502 g/mol. The van der Waals surface area contributed by atoms with E-state index in [2.05, 4.69) is 30.4 Å². The Morgan fingerprint density at radius 2 is 1.89 bits per heavy atom. The standard InChI is InChI=1S/C24H26F3N7O2/c25-24(26,27)20-5-4-16(12-30-20)18(9-28)22(35)21-19(13-31-33-21)32-23(36)17-8-15(10-29-11-17)14-34-6-2-1-3-7-34/h4-5,8,10-13,18H,1-3,6-7,9,14,28H2,(H,31,33)(H,32,36). The van der Waals surface area contributed by atoms with E-state index in [0.717, 1.165) is 43.8 Å². The van der Waals surface area contributed by atoms with Gasteiger partial charge in [-0.25, -0.2) is 0 Å². The topological polar surface area (TPSA) is 130 Å². The Morgan fingerprint density at radius 1 is 1.11 bits per heavy atom. The third kappa shape index (κ3) is 5.94. The van der Waals surface area contributed by atoms with E-state index in [9.17, 15) is 22.8 Å². The number of anilines is 1. The Hall–Kier alpha value is -3.64. The maximum Gasteiger partial charge on any atom is 0.433 e. The Morgan fingerprint density at radius 3 is 2.56 bits per heavy atom. The van der Waals surface area contributed by atoms with Gasteiger partial charge in [-0.1, -0.05) is 12.5 Å². The highest BCUT2D eigenvalue weighted by Gasteiger charge is 2.33. The summed E-state index contributed by atoms with van der Waals surface area (Å²) in [6.07, 6.45) is 4.36.